The molecule has 4 aromatic rings. The van der Waals surface area contributed by atoms with Crippen LogP contribution in [0.15, 0.2) is 96.1 Å². The van der Waals surface area contributed by atoms with Crippen molar-refractivity contribution in [1.82, 2.24) is 0 Å². The van der Waals surface area contributed by atoms with Gasteiger partial charge in [0.1, 0.15) is 0 Å². The molecule has 4 aromatic carbocycles. The second-order valence-corrected chi connectivity index (χ2v) is 7.51. The molecule has 6 heteroatoms. The van der Waals surface area contributed by atoms with Gasteiger partial charge in [0.15, 0.2) is 0 Å². The smallest absolute Gasteiger partial charge is 0.0771 e. The van der Waals surface area contributed by atoms with Crippen molar-refractivity contribution in [3.63, 3.8) is 0 Å². The fraction of sp³-hybridized carbons (Fsp3) is 0.172. The van der Waals surface area contributed by atoms with Gasteiger partial charge >= 0.3 is 34.6 Å². The van der Waals surface area contributed by atoms with Crippen LogP contribution in [0.25, 0.3) is 21.5 Å². The molecule has 0 aliphatic heterocycles. The van der Waals surface area contributed by atoms with Crippen molar-refractivity contribution >= 4 is 25.8 Å². The van der Waals surface area contributed by atoms with Crippen molar-refractivity contribution in [2.24, 2.45) is 5.92 Å². The fourth-order valence-corrected chi connectivity index (χ4v) is 3.48. The predicted octanol–water partition coefficient (Wildman–Crippen LogP) is 2.52. The van der Waals surface area contributed by atoms with Crippen LogP contribution in [0.3, 0.4) is 0 Å². The summed E-state index contributed by atoms with van der Waals surface area (Å²) in [5, 5.41) is 5.39. The zero-order valence-electron chi connectivity index (χ0n) is 19.8. The van der Waals surface area contributed by atoms with Crippen LogP contribution < -0.4 is 24.8 Å². The maximum Gasteiger partial charge on any atom is -0.0771 e. The van der Waals surface area contributed by atoms with Gasteiger partial charge in [-0.1, -0.05) is 61.7 Å². The third kappa shape index (κ3) is 9.96. The van der Waals surface area contributed by atoms with Crippen LogP contribution in [0.5, 0.6) is 0 Å². The first-order valence-corrected chi connectivity index (χ1v) is 12.2. The molecule has 35 heavy (non-hydrogen) atoms. The molecule has 0 heterocycles. The Balaban J connectivity index is 0.000000479. The molecule has 184 valence electrons. The first kappa shape index (κ1) is 33.1. The monoisotopic (exact) mass is 591 g/mol. The molecule has 0 radical (unpaired) electrons. The third-order valence-corrected chi connectivity index (χ3v) is 5.10. The Kier molecular flexibility index (Phi) is 15.1. The summed E-state index contributed by atoms with van der Waals surface area (Å²) >= 11 is 1.30. The van der Waals surface area contributed by atoms with E-state index in [1.54, 1.807) is 0 Å². The van der Waals surface area contributed by atoms with Gasteiger partial charge in [0, 0.05) is 0 Å². The number of hydrogen-bond acceptors (Lipinski definition) is 0. The zero-order valence-corrected chi connectivity index (χ0v) is 23.7. The van der Waals surface area contributed by atoms with E-state index in [1.165, 1.54) is 69.1 Å². The average Bonchev–Trinajstić information content (AvgIpc) is 3.34. The largest absolute Gasteiger partial charge is 1.00 e. The third-order valence-electron chi connectivity index (χ3n) is 5.10. The first-order chi connectivity index (χ1) is 15.8. The minimum absolute atomic E-state index is 0. The average molecular weight is 594 g/mol. The topological polar surface area (TPSA) is 0 Å². The van der Waals surface area contributed by atoms with E-state index in [-0.39, 0.29) is 24.8 Å². The molecule has 0 amide bonds. The first-order valence-electron chi connectivity index (χ1n) is 10.5. The van der Waals surface area contributed by atoms with Gasteiger partial charge in [-0.25, -0.2) is 11.1 Å². The SMILES string of the molecule is CC1=[C-]C(C)C=C1C.FC(F)(F)c1cc[c-]cc1.[CH2]=[Zr+2].[Cl-].[Cl-].c1ccc2c(c1)[cH-]c1ccccc12. The van der Waals surface area contributed by atoms with Crippen LogP contribution in [0, 0.1) is 18.1 Å². The molecular formula is C29H26Cl2F3Zr-3. The van der Waals surface area contributed by atoms with Crippen LogP contribution in [-0.4, -0.2) is 4.21 Å². The quantitative estimate of drug-likeness (QED) is 0.275. The second-order valence-electron chi connectivity index (χ2n) is 7.51. The van der Waals surface area contributed by atoms with Gasteiger partial charge in [0.05, 0.1) is 0 Å². The Morgan fingerprint density at radius 3 is 1.60 bits per heavy atom. The van der Waals surface area contributed by atoms with E-state index < -0.39 is 11.7 Å². The predicted molar refractivity (Wildman–Crippen MR) is 130 cm³/mol. The molecule has 0 spiro atoms. The van der Waals surface area contributed by atoms with Crippen LogP contribution in [0.4, 0.5) is 13.2 Å². The van der Waals surface area contributed by atoms with Crippen molar-refractivity contribution in [1.29, 1.82) is 0 Å². The maximum absolute atomic E-state index is 11.8. The van der Waals surface area contributed by atoms with Gasteiger partial charge in [-0.3, -0.25) is 6.08 Å². The molecule has 0 fully saturated rings. The molecule has 1 atom stereocenters. The molecule has 0 nitrogen and oxygen atoms in total. The Morgan fingerprint density at radius 2 is 1.29 bits per heavy atom. The van der Waals surface area contributed by atoms with Crippen molar-refractivity contribution < 1.29 is 62.2 Å². The van der Waals surface area contributed by atoms with E-state index in [4.69, 9.17) is 0 Å². The molecule has 0 N–H and O–H groups in total. The number of alkyl halides is 3. The number of fused-ring (bicyclic) bond motifs is 3. The normalized spacial score (nSPS) is 13.9. The summed E-state index contributed by atoms with van der Waals surface area (Å²) < 4.78 is 38.7. The van der Waals surface area contributed by atoms with E-state index in [0.717, 1.165) is 12.1 Å². The summed E-state index contributed by atoms with van der Waals surface area (Å²) in [6.45, 7) is 6.39. The van der Waals surface area contributed by atoms with Crippen LogP contribution in [0.2, 0.25) is 0 Å². The Morgan fingerprint density at radius 1 is 0.829 bits per heavy atom. The van der Waals surface area contributed by atoms with E-state index >= 15 is 0 Å². The summed E-state index contributed by atoms with van der Waals surface area (Å²) in [5.74, 6) is 0.551. The molecule has 1 aliphatic carbocycles. The molecule has 1 unspecified atom stereocenters. The van der Waals surface area contributed by atoms with Gasteiger partial charge in [-0.15, -0.1) is 46.7 Å². The number of hydrogen-bond donors (Lipinski definition) is 0. The van der Waals surface area contributed by atoms with Crippen molar-refractivity contribution in [2.75, 3.05) is 0 Å². The Bertz CT molecular complexity index is 1160. The summed E-state index contributed by atoms with van der Waals surface area (Å²) in [5.41, 5.74) is 2.07. The molecule has 1 aliphatic rings. The van der Waals surface area contributed by atoms with E-state index in [0.29, 0.717) is 5.92 Å². The minimum Gasteiger partial charge on any atom is -1.00 e. The Hall–Kier alpha value is -1.87. The van der Waals surface area contributed by atoms with Crippen LogP contribution >= 0.6 is 0 Å². The van der Waals surface area contributed by atoms with Crippen LogP contribution in [0.1, 0.15) is 26.3 Å². The van der Waals surface area contributed by atoms with Crippen molar-refractivity contribution in [2.45, 2.75) is 26.9 Å². The minimum atomic E-state index is -4.23. The number of halogens is 5. The van der Waals surface area contributed by atoms with Gasteiger partial charge in [-0.2, -0.15) is 49.6 Å². The van der Waals surface area contributed by atoms with E-state index in [1.807, 2.05) is 0 Å². The molecule has 0 saturated heterocycles. The second kappa shape index (κ2) is 16.0. The molecule has 0 aromatic heterocycles. The summed E-state index contributed by atoms with van der Waals surface area (Å²) in [6.07, 6.45) is 1.29. The van der Waals surface area contributed by atoms with Crippen LogP contribution in [-0.2, 0) is 30.4 Å². The Labute approximate surface area is 233 Å². The van der Waals surface area contributed by atoms with Crippen molar-refractivity contribution in [3.8, 4) is 0 Å². The van der Waals surface area contributed by atoms with Gasteiger partial charge in [0.25, 0.3) is 0 Å². The number of rotatable bonds is 0. The van der Waals surface area contributed by atoms with Gasteiger partial charge in [0.2, 0.25) is 0 Å². The van der Waals surface area contributed by atoms with E-state index in [2.05, 4.69) is 97.8 Å². The summed E-state index contributed by atoms with van der Waals surface area (Å²) in [6, 6.07) is 26.2. The standard InChI is InChI=1S/C13H9.C8H11.C7H4F3.CH2.2ClH.Zr/c1-3-7-12-10(5-1)9-11-6-2-4-8-13(11)12;1-6-4-7(2)8(3)5-6;8-7(9,10)6-4-2-1-3-5-6;;;;/h1-9H;4,6H,1-3H3;2-5H;1H2;2*1H;/q3*-1;;;;+2/p-2. The molecule has 5 rings (SSSR count). The molecular weight excluding hydrogens is 567 g/mol. The molecule has 0 saturated carbocycles. The fourth-order valence-electron chi connectivity index (χ4n) is 3.48. The summed E-state index contributed by atoms with van der Waals surface area (Å²) in [7, 11) is 0. The summed E-state index contributed by atoms with van der Waals surface area (Å²) in [4.78, 5) is 0. The number of allylic oxidation sites excluding steroid dienone is 4. The van der Waals surface area contributed by atoms with Crippen molar-refractivity contribution in [3.05, 3.63) is 114 Å². The zero-order chi connectivity index (χ0) is 24.4. The van der Waals surface area contributed by atoms with E-state index in [9.17, 15) is 13.2 Å². The number of benzene rings is 3. The maximum atomic E-state index is 11.8. The van der Waals surface area contributed by atoms with Gasteiger partial charge < -0.3 is 24.8 Å². The molecule has 0 bridgehead atoms. The van der Waals surface area contributed by atoms with Gasteiger partial charge in [-0.05, 0) is 0 Å².